The minimum atomic E-state index is -0.896. The maximum atomic E-state index is 10.2. The molecule has 1 aromatic rings. The van der Waals surface area contributed by atoms with Crippen molar-refractivity contribution in [3.63, 3.8) is 0 Å². The number of aryl methyl sites for hydroxylation is 1. The second-order valence-electron chi connectivity index (χ2n) is 2.93. The van der Waals surface area contributed by atoms with Crippen LogP contribution in [0.1, 0.15) is 11.1 Å². The van der Waals surface area contributed by atoms with Crippen LogP contribution in [0.25, 0.3) is 0 Å². The normalized spacial score (nSPS) is 10.5. The Labute approximate surface area is 77.5 Å². The van der Waals surface area contributed by atoms with Crippen molar-refractivity contribution in [3.05, 3.63) is 47.5 Å². The van der Waals surface area contributed by atoms with E-state index in [2.05, 4.69) is 0 Å². The summed E-state index contributed by atoms with van der Waals surface area (Å²) in [7, 11) is 0. The summed E-state index contributed by atoms with van der Waals surface area (Å²) in [6.07, 6.45) is 3.49. The Kier molecular flexibility index (Phi) is 3.26. The Morgan fingerprint density at radius 2 is 2.31 bits per heavy atom. The maximum Gasteiger partial charge on any atom is 0.327 e. The first-order chi connectivity index (χ1) is 6.18. The molecule has 2 heteroatoms. The van der Waals surface area contributed by atoms with E-state index in [-0.39, 0.29) is 0 Å². The van der Waals surface area contributed by atoms with Gasteiger partial charge in [-0.15, -0.1) is 0 Å². The zero-order valence-corrected chi connectivity index (χ0v) is 7.53. The number of allylic oxidation sites excluding steroid dienone is 1. The third-order valence-electron chi connectivity index (χ3n) is 1.70. The molecule has 0 amide bonds. The topological polar surface area (TPSA) is 37.3 Å². The van der Waals surface area contributed by atoms with Gasteiger partial charge >= 0.3 is 5.97 Å². The number of aliphatic carboxylic acids is 1. The Balaban J connectivity index is 2.59. The molecule has 0 aliphatic carbocycles. The average molecular weight is 176 g/mol. The summed E-state index contributed by atoms with van der Waals surface area (Å²) in [5, 5.41) is 8.36. The van der Waals surface area contributed by atoms with E-state index >= 15 is 0 Å². The number of benzene rings is 1. The molecular formula is C11H12O2. The van der Waals surface area contributed by atoms with Crippen molar-refractivity contribution in [3.8, 4) is 0 Å². The van der Waals surface area contributed by atoms with E-state index in [1.54, 1.807) is 6.08 Å². The van der Waals surface area contributed by atoms with Crippen molar-refractivity contribution in [1.29, 1.82) is 0 Å². The molecule has 2 nitrogen and oxygen atoms in total. The summed E-state index contributed by atoms with van der Waals surface area (Å²) in [6.45, 7) is 2.02. The van der Waals surface area contributed by atoms with Crippen LogP contribution in [-0.4, -0.2) is 11.1 Å². The lowest BCUT2D eigenvalue weighted by Gasteiger charge is -1.96. The third kappa shape index (κ3) is 3.56. The molecule has 1 aromatic carbocycles. The lowest BCUT2D eigenvalue weighted by Crippen LogP contribution is -1.87. The van der Waals surface area contributed by atoms with Crippen LogP contribution < -0.4 is 0 Å². The third-order valence-corrected chi connectivity index (χ3v) is 1.70. The largest absolute Gasteiger partial charge is 0.478 e. The SMILES string of the molecule is Cc1cccc(C/C=C/C(=O)O)c1. The van der Waals surface area contributed by atoms with Crippen LogP contribution in [0, 0.1) is 6.92 Å². The predicted octanol–water partition coefficient (Wildman–Crippen LogP) is 2.18. The highest BCUT2D eigenvalue weighted by Crippen LogP contribution is 2.04. The fourth-order valence-electron chi connectivity index (χ4n) is 1.13. The summed E-state index contributed by atoms with van der Waals surface area (Å²) in [6, 6.07) is 8.02. The molecule has 0 saturated carbocycles. The van der Waals surface area contributed by atoms with E-state index in [4.69, 9.17) is 5.11 Å². The van der Waals surface area contributed by atoms with Gasteiger partial charge in [-0.05, 0) is 18.9 Å². The number of carbonyl (C=O) groups is 1. The zero-order chi connectivity index (χ0) is 9.68. The summed E-state index contributed by atoms with van der Waals surface area (Å²) < 4.78 is 0. The number of carboxylic acids is 1. The van der Waals surface area contributed by atoms with Gasteiger partial charge in [-0.25, -0.2) is 4.79 Å². The van der Waals surface area contributed by atoms with E-state index in [1.807, 2.05) is 31.2 Å². The van der Waals surface area contributed by atoms with Crippen LogP contribution >= 0.6 is 0 Å². The van der Waals surface area contributed by atoms with E-state index in [0.29, 0.717) is 6.42 Å². The average Bonchev–Trinajstić information content (AvgIpc) is 2.03. The van der Waals surface area contributed by atoms with E-state index in [1.165, 1.54) is 11.6 Å². The molecule has 0 bridgehead atoms. The Bertz CT molecular complexity index is 327. The molecule has 0 radical (unpaired) electrons. The molecule has 0 fully saturated rings. The quantitative estimate of drug-likeness (QED) is 0.717. The predicted molar refractivity (Wildman–Crippen MR) is 51.7 cm³/mol. The molecule has 1 N–H and O–H groups in total. The molecule has 0 spiro atoms. The van der Waals surface area contributed by atoms with Crippen LogP contribution in [-0.2, 0) is 11.2 Å². The van der Waals surface area contributed by atoms with Crippen LogP contribution in [0.2, 0.25) is 0 Å². The standard InChI is InChI=1S/C11H12O2/c1-9-4-2-5-10(8-9)6-3-7-11(12)13/h2-5,7-8H,6H2,1H3,(H,12,13)/b7-3+. The maximum absolute atomic E-state index is 10.2. The fraction of sp³-hybridized carbons (Fsp3) is 0.182. The van der Waals surface area contributed by atoms with Crippen LogP contribution in [0.15, 0.2) is 36.4 Å². The molecule has 13 heavy (non-hydrogen) atoms. The molecule has 0 aromatic heterocycles. The smallest absolute Gasteiger partial charge is 0.327 e. The van der Waals surface area contributed by atoms with Crippen molar-refractivity contribution in [1.82, 2.24) is 0 Å². The van der Waals surface area contributed by atoms with Crippen LogP contribution in [0.5, 0.6) is 0 Å². The van der Waals surface area contributed by atoms with Gasteiger partial charge in [-0.1, -0.05) is 35.9 Å². The van der Waals surface area contributed by atoms with Gasteiger partial charge in [0.25, 0.3) is 0 Å². The van der Waals surface area contributed by atoms with E-state index in [9.17, 15) is 4.79 Å². The lowest BCUT2D eigenvalue weighted by molar-refractivity contribution is -0.131. The molecule has 0 unspecified atom stereocenters. The summed E-state index contributed by atoms with van der Waals surface area (Å²) in [4.78, 5) is 10.2. The Morgan fingerprint density at radius 3 is 2.92 bits per heavy atom. The number of rotatable bonds is 3. The molecule has 0 atom stereocenters. The molecular weight excluding hydrogens is 164 g/mol. The highest BCUT2D eigenvalue weighted by atomic mass is 16.4. The van der Waals surface area contributed by atoms with Gasteiger partial charge in [-0.3, -0.25) is 0 Å². The molecule has 0 heterocycles. The lowest BCUT2D eigenvalue weighted by atomic mass is 10.1. The summed E-state index contributed by atoms with van der Waals surface area (Å²) in [5.74, 6) is -0.896. The summed E-state index contributed by atoms with van der Waals surface area (Å²) in [5.41, 5.74) is 2.33. The van der Waals surface area contributed by atoms with Gasteiger partial charge < -0.3 is 5.11 Å². The second-order valence-corrected chi connectivity index (χ2v) is 2.93. The first kappa shape index (κ1) is 9.52. The van der Waals surface area contributed by atoms with Gasteiger partial charge in [0, 0.05) is 6.08 Å². The van der Waals surface area contributed by atoms with Gasteiger partial charge in [0.15, 0.2) is 0 Å². The van der Waals surface area contributed by atoms with E-state index < -0.39 is 5.97 Å². The Hall–Kier alpha value is -1.57. The van der Waals surface area contributed by atoms with Crippen molar-refractivity contribution in [2.75, 3.05) is 0 Å². The van der Waals surface area contributed by atoms with Crippen LogP contribution in [0.4, 0.5) is 0 Å². The molecule has 0 saturated heterocycles. The molecule has 0 aliphatic rings. The zero-order valence-electron chi connectivity index (χ0n) is 7.53. The molecule has 68 valence electrons. The highest BCUT2D eigenvalue weighted by Gasteiger charge is 1.90. The van der Waals surface area contributed by atoms with Gasteiger partial charge in [0.2, 0.25) is 0 Å². The minimum absolute atomic E-state index is 0.675. The van der Waals surface area contributed by atoms with Crippen molar-refractivity contribution >= 4 is 5.97 Å². The van der Waals surface area contributed by atoms with Gasteiger partial charge in [-0.2, -0.15) is 0 Å². The first-order valence-corrected chi connectivity index (χ1v) is 4.13. The van der Waals surface area contributed by atoms with E-state index in [0.717, 1.165) is 5.56 Å². The summed E-state index contributed by atoms with van der Waals surface area (Å²) >= 11 is 0. The highest BCUT2D eigenvalue weighted by molar-refractivity contribution is 5.79. The number of hydrogen-bond donors (Lipinski definition) is 1. The fourth-order valence-corrected chi connectivity index (χ4v) is 1.13. The molecule has 0 aliphatic heterocycles. The van der Waals surface area contributed by atoms with Crippen molar-refractivity contribution in [2.24, 2.45) is 0 Å². The first-order valence-electron chi connectivity index (χ1n) is 4.13. The monoisotopic (exact) mass is 176 g/mol. The van der Waals surface area contributed by atoms with Gasteiger partial charge in [0.05, 0.1) is 0 Å². The number of hydrogen-bond acceptors (Lipinski definition) is 1. The van der Waals surface area contributed by atoms with Crippen LogP contribution in [0.3, 0.4) is 0 Å². The van der Waals surface area contributed by atoms with Gasteiger partial charge in [0.1, 0.15) is 0 Å². The number of carboxylic acid groups (broad SMARTS) is 1. The second kappa shape index (κ2) is 4.45. The Morgan fingerprint density at radius 1 is 1.54 bits per heavy atom. The van der Waals surface area contributed by atoms with Crippen molar-refractivity contribution in [2.45, 2.75) is 13.3 Å². The minimum Gasteiger partial charge on any atom is -0.478 e. The van der Waals surface area contributed by atoms with Crippen molar-refractivity contribution < 1.29 is 9.90 Å². The molecule has 1 rings (SSSR count).